The predicted octanol–water partition coefficient (Wildman–Crippen LogP) is 2.05. The van der Waals surface area contributed by atoms with Crippen LogP contribution in [0, 0.1) is 6.92 Å². The first-order valence-electron chi connectivity index (χ1n) is 6.58. The maximum absolute atomic E-state index is 6.05. The van der Waals surface area contributed by atoms with Gasteiger partial charge in [0.15, 0.2) is 0 Å². The first-order valence-corrected chi connectivity index (χ1v) is 7.73. The van der Waals surface area contributed by atoms with Crippen LogP contribution < -0.4 is 5.73 Å². The Hall–Kier alpha value is -0.580. The summed E-state index contributed by atoms with van der Waals surface area (Å²) in [5.41, 5.74) is 8.46. The molecule has 0 bridgehead atoms. The maximum atomic E-state index is 6.05. The van der Waals surface area contributed by atoms with Gasteiger partial charge in [-0.05, 0) is 50.5 Å². The molecule has 4 heteroatoms. The standard InChI is InChI=1S/C14H23N3S/c1-12-4-3-5-13(16-12)10-17(2)14(11-15)6-8-18-9-7-14/h3-5H,6-11,15H2,1-2H3. The molecule has 0 aliphatic carbocycles. The van der Waals surface area contributed by atoms with Gasteiger partial charge in [-0.25, -0.2) is 0 Å². The Bertz CT molecular complexity index is 388. The van der Waals surface area contributed by atoms with E-state index in [0.717, 1.165) is 24.5 Å². The molecule has 3 nitrogen and oxygen atoms in total. The van der Waals surface area contributed by atoms with E-state index >= 15 is 0 Å². The lowest BCUT2D eigenvalue weighted by molar-refractivity contribution is 0.106. The second-order valence-corrected chi connectivity index (χ2v) is 6.39. The molecule has 2 N–H and O–H groups in total. The highest BCUT2D eigenvalue weighted by atomic mass is 32.2. The zero-order valence-corrected chi connectivity index (χ0v) is 12.2. The van der Waals surface area contributed by atoms with Crippen molar-refractivity contribution in [3.05, 3.63) is 29.6 Å². The molecule has 0 amide bonds. The molecule has 1 aromatic heterocycles. The molecule has 0 radical (unpaired) electrons. The first-order chi connectivity index (χ1) is 8.66. The highest BCUT2D eigenvalue weighted by Crippen LogP contribution is 2.31. The van der Waals surface area contributed by atoms with Gasteiger partial charge >= 0.3 is 0 Å². The molecular weight excluding hydrogens is 242 g/mol. The summed E-state index contributed by atoms with van der Waals surface area (Å²) in [5.74, 6) is 2.45. The van der Waals surface area contributed by atoms with Crippen LogP contribution in [0.5, 0.6) is 0 Å². The summed E-state index contributed by atoms with van der Waals surface area (Å²) in [5, 5.41) is 0. The molecule has 1 aliphatic heterocycles. The molecule has 2 rings (SSSR count). The molecule has 100 valence electrons. The minimum Gasteiger partial charge on any atom is -0.329 e. The zero-order valence-electron chi connectivity index (χ0n) is 11.4. The van der Waals surface area contributed by atoms with Crippen molar-refractivity contribution in [3.8, 4) is 0 Å². The lowest BCUT2D eigenvalue weighted by atomic mass is 9.90. The fraction of sp³-hybridized carbons (Fsp3) is 0.643. The Morgan fingerprint density at radius 2 is 2.11 bits per heavy atom. The first kappa shape index (κ1) is 13.8. The molecule has 1 aromatic rings. The fourth-order valence-corrected chi connectivity index (χ4v) is 3.84. The van der Waals surface area contributed by atoms with E-state index in [4.69, 9.17) is 5.73 Å². The van der Waals surface area contributed by atoms with Crippen LogP contribution in [0.3, 0.4) is 0 Å². The Balaban J connectivity index is 2.07. The molecule has 1 fully saturated rings. The van der Waals surface area contributed by atoms with E-state index in [0.29, 0.717) is 0 Å². The number of aromatic nitrogens is 1. The van der Waals surface area contributed by atoms with Crippen LogP contribution in [0.4, 0.5) is 0 Å². The Morgan fingerprint density at radius 1 is 1.39 bits per heavy atom. The summed E-state index contributed by atoms with van der Waals surface area (Å²) in [4.78, 5) is 7.00. The average molecular weight is 265 g/mol. The van der Waals surface area contributed by atoms with Gasteiger partial charge in [0, 0.05) is 24.3 Å². The van der Waals surface area contributed by atoms with Crippen molar-refractivity contribution in [3.63, 3.8) is 0 Å². The van der Waals surface area contributed by atoms with Crippen molar-refractivity contribution in [1.82, 2.24) is 9.88 Å². The zero-order chi connectivity index (χ0) is 13.0. The Kier molecular flexibility index (Phi) is 4.65. The summed E-state index contributed by atoms with van der Waals surface area (Å²) >= 11 is 2.04. The maximum Gasteiger partial charge on any atom is 0.0547 e. The smallest absolute Gasteiger partial charge is 0.0547 e. The average Bonchev–Trinajstić information content (AvgIpc) is 2.39. The minimum atomic E-state index is 0.177. The quantitative estimate of drug-likeness (QED) is 0.905. The third-order valence-corrected chi connectivity index (χ3v) is 4.94. The van der Waals surface area contributed by atoms with Gasteiger partial charge in [0.2, 0.25) is 0 Å². The number of thioether (sulfide) groups is 1. The van der Waals surface area contributed by atoms with E-state index < -0.39 is 0 Å². The van der Waals surface area contributed by atoms with Crippen LogP contribution in [0.15, 0.2) is 18.2 Å². The van der Waals surface area contributed by atoms with E-state index in [-0.39, 0.29) is 5.54 Å². The van der Waals surface area contributed by atoms with Crippen molar-refractivity contribution in [2.75, 3.05) is 25.1 Å². The van der Waals surface area contributed by atoms with Crippen LogP contribution in [0.2, 0.25) is 0 Å². The van der Waals surface area contributed by atoms with Gasteiger partial charge in [-0.3, -0.25) is 9.88 Å². The molecule has 0 saturated carbocycles. The van der Waals surface area contributed by atoms with Gasteiger partial charge in [0.05, 0.1) is 5.69 Å². The minimum absolute atomic E-state index is 0.177. The van der Waals surface area contributed by atoms with Gasteiger partial charge < -0.3 is 5.73 Å². The van der Waals surface area contributed by atoms with Crippen molar-refractivity contribution in [2.24, 2.45) is 5.73 Å². The molecule has 1 saturated heterocycles. The van der Waals surface area contributed by atoms with Gasteiger partial charge in [0.1, 0.15) is 0 Å². The van der Waals surface area contributed by atoms with Gasteiger partial charge in [0.25, 0.3) is 0 Å². The normalized spacial score (nSPS) is 19.1. The molecule has 0 spiro atoms. The fourth-order valence-electron chi connectivity index (χ4n) is 2.59. The number of aryl methyl sites for hydroxylation is 1. The Morgan fingerprint density at radius 3 is 2.72 bits per heavy atom. The predicted molar refractivity (Wildman–Crippen MR) is 78.8 cm³/mol. The summed E-state index contributed by atoms with van der Waals surface area (Å²) in [6.45, 7) is 3.68. The number of hydrogen-bond acceptors (Lipinski definition) is 4. The molecular formula is C14H23N3S. The van der Waals surface area contributed by atoms with Crippen LogP contribution in [-0.4, -0.2) is 40.5 Å². The van der Waals surface area contributed by atoms with Gasteiger partial charge in [-0.2, -0.15) is 11.8 Å². The molecule has 0 aromatic carbocycles. The van der Waals surface area contributed by atoms with E-state index in [2.05, 4.69) is 29.1 Å². The summed E-state index contributed by atoms with van der Waals surface area (Å²) in [6.07, 6.45) is 2.38. The number of nitrogens with two attached hydrogens (primary N) is 1. The topological polar surface area (TPSA) is 42.1 Å². The lowest BCUT2D eigenvalue weighted by Gasteiger charge is -2.43. The largest absolute Gasteiger partial charge is 0.329 e. The van der Waals surface area contributed by atoms with Crippen LogP contribution in [0.1, 0.15) is 24.2 Å². The molecule has 0 atom stereocenters. The third kappa shape index (κ3) is 3.05. The second-order valence-electron chi connectivity index (χ2n) is 5.17. The second kappa shape index (κ2) is 6.04. The monoisotopic (exact) mass is 265 g/mol. The van der Waals surface area contributed by atoms with Crippen molar-refractivity contribution < 1.29 is 0 Å². The van der Waals surface area contributed by atoms with Crippen molar-refractivity contribution >= 4 is 11.8 Å². The summed E-state index contributed by atoms with van der Waals surface area (Å²) in [7, 11) is 2.19. The molecule has 0 unspecified atom stereocenters. The van der Waals surface area contributed by atoms with Gasteiger partial charge in [-0.15, -0.1) is 0 Å². The molecule has 18 heavy (non-hydrogen) atoms. The number of pyridine rings is 1. The van der Waals surface area contributed by atoms with E-state index in [1.54, 1.807) is 0 Å². The van der Waals surface area contributed by atoms with E-state index in [1.807, 2.05) is 24.8 Å². The highest BCUT2D eigenvalue weighted by Gasteiger charge is 2.34. The SMILES string of the molecule is Cc1cccc(CN(C)C2(CN)CCSCC2)n1. The summed E-state index contributed by atoms with van der Waals surface area (Å²) < 4.78 is 0. The van der Waals surface area contributed by atoms with E-state index in [9.17, 15) is 0 Å². The van der Waals surface area contributed by atoms with Crippen LogP contribution >= 0.6 is 11.8 Å². The van der Waals surface area contributed by atoms with Crippen LogP contribution in [0.25, 0.3) is 0 Å². The molecule has 2 heterocycles. The van der Waals surface area contributed by atoms with Crippen molar-refractivity contribution in [1.29, 1.82) is 0 Å². The number of rotatable bonds is 4. The van der Waals surface area contributed by atoms with Crippen molar-refractivity contribution in [2.45, 2.75) is 31.8 Å². The number of nitrogens with zero attached hydrogens (tertiary/aromatic N) is 2. The highest BCUT2D eigenvalue weighted by molar-refractivity contribution is 7.99. The lowest BCUT2D eigenvalue weighted by Crippen LogP contribution is -2.53. The summed E-state index contributed by atoms with van der Waals surface area (Å²) in [6, 6.07) is 6.22. The van der Waals surface area contributed by atoms with Gasteiger partial charge in [-0.1, -0.05) is 6.07 Å². The number of hydrogen-bond donors (Lipinski definition) is 1. The molecule has 1 aliphatic rings. The number of likely N-dealkylation sites (N-methyl/N-ethyl adjacent to an activating group) is 1. The van der Waals surface area contributed by atoms with E-state index in [1.165, 1.54) is 24.3 Å². The third-order valence-electron chi connectivity index (χ3n) is 3.96. The van der Waals surface area contributed by atoms with Crippen LogP contribution in [-0.2, 0) is 6.54 Å². The Labute approximate surface area is 114 Å².